The molecule has 0 aliphatic carbocycles. The van der Waals surface area contributed by atoms with Crippen LogP contribution in [0.2, 0.25) is 0 Å². The van der Waals surface area contributed by atoms with E-state index in [1.54, 1.807) is 0 Å². The van der Waals surface area contributed by atoms with Gasteiger partial charge in [0.25, 0.3) is 8.53 Å². The van der Waals surface area contributed by atoms with Gasteiger partial charge in [-0.05, 0) is 33.5 Å². The number of hydrogen-bond donors (Lipinski definition) is 0. The molecule has 21 heavy (non-hydrogen) atoms. The lowest BCUT2D eigenvalue weighted by Gasteiger charge is -2.24. The molecule has 1 aromatic rings. The third-order valence-electron chi connectivity index (χ3n) is 2.95. The molecule has 1 fully saturated rings. The molecule has 2 unspecified atom stereocenters. The third-order valence-corrected chi connectivity index (χ3v) is 4.32. The van der Waals surface area contributed by atoms with E-state index in [1.807, 2.05) is 62.9 Å². The van der Waals surface area contributed by atoms with Crippen LogP contribution in [0.1, 0.15) is 19.4 Å². The lowest BCUT2D eigenvalue weighted by molar-refractivity contribution is -0.141. The molecule has 118 valence electrons. The van der Waals surface area contributed by atoms with E-state index in [-0.39, 0.29) is 6.10 Å². The molecule has 1 aliphatic rings. The summed E-state index contributed by atoms with van der Waals surface area (Å²) in [5, 5.41) is 0. The Bertz CT molecular complexity index is 427. The standard InChI is InChI=1S/C15H24NO4P/c1-15(2)17-11-14(20-15)12-19-21(16(3)4)18-10-13-8-6-5-7-9-13/h5-9,14H,10-12H2,1-4H3. The van der Waals surface area contributed by atoms with E-state index in [9.17, 15) is 0 Å². The van der Waals surface area contributed by atoms with Crippen LogP contribution in [0.25, 0.3) is 0 Å². The lowest BCUT2D eigenvalue weighted by atomic mass is 10.2. The SMILES string of the molecule is CN(C)P(OCc1ccccc1)OCC1COC(C)(C)O1. The molecular formula is C15H24NO4P. The van der Waals surface area contributed by atoms with Crippen molar-refractivity contribution in [3.8, 4) is 0 Å². The first-order valence-corrected chi connectivity index (χ1v) is 8.18. The van der Waals surface area contributed by atoms with E-state index >= 15 is 0 Å². The molecule has 0 saturated carbocycles. The van der Waals surface area contributed by atoms with Crippen LogP contribution in [0.5, 0.6) is 0 Å². The van der Waals surface area contributed by atoms with Crippen LogP contribution in [0.3, 0.4) is 0 Å². The van der Waals surface area contributed by atoms with Gasteiger partial charge in [0.1, 0.15) is 6.10 Å². The molecular weight excluding hydrogens is 289 g/mol. The van der Waals surface area contributed by atoms with Crippen LogP contribution < -0.4 is 0 Å². The zero-order valence-electron chi connectivity index (χ0n) is 13.1. The predicted molar refractivity (Wildman–Crippen MR) is 82.7 cm³/mol. The molecule has 0 amide bonds. The fourth-order valence-corrected chi connectivity index (χ4v) is 3.05. The van der Waals surface area contributed by atoms with E-state index < -0.39 is 14.3 Å². The Morgan fingerprint density at radius 3 is 2.52 bits per heavy atom. The highest BCUT2D eigenvalue weighted by Crippen LogP contribution is 2.41. The molecule has 1 heterocycles. The average Bonchev–Trinajstić information content (AvgIpc) is 2.79. The smallest absolute Gasteiger partial charge is 0.258 e. The molecule has 2 rings (SSSR count). The topological polar surface area (TPSA) is 40.2 Å². The average molecular weight is 313 g/mol. The molecule has 1 aromatic carbocycles. The molecule has 0 bridgehead atoms. The normalized spacial score (nSPS) is 22.6. The van der Waals surface area contributed by atoms with E-state index in [4.69, 9.17) is 18.5 Å². The van der Waals surface area contributed by atoms with Crippen molar-refractivity contribution in [2.45, 2.75) is 32.3 Å². The van der Waals surface area contributed by atoms with Crippen molar-refractivity contribution >= 4 is 8.53 Å². The summed E-state index contributed by atoms with van der Waals surface area (Å²) >= 11 is 0. The third kappa shape index (κ3) is 5.62. The number of nitrogens with zero attached hydrogens (tertiary/aromatic N) is 1. The maximum Gasteiger partial charge on any atom is 0.258 e. The minimum Gasteiger partial charge on any atom is -0.348 e. The number of ether oxygens (including phenoxy) is 2. The summed E-state index contributed by atoms with van der Waals surface area (Å²) < 4.78 is 25.0. The minimum atomic E-state index is -1.09. The van der Waals surface area contributed by atoms with Crippen LogP contribution >= 0.6 is 8.53 Å². The van der Waals surface area contributed by atoms with Crippen LogP contribution in [0, 0.1) is 0 Å². The van der Waals surface area contributed by atoms with Crippen molar-refractivity contribution in [2.75, 3.05) is 27.3 Å². The summed E-state index contributed by atoms with van der Waals surface area (Å²) in [4.78, 5) is 0. The highest BCUT2D eigenvalue weighted by atomic mass is 31.2. The maximum absolute atomic E-state index is 5.87. The van der Waals surface area contributed by atoms with Crippen molar-refractivity contribution < 1.29 is 18.5 Å². The van der Waals surface area contributed by atoms with Crippen molar-refractivity contribution in [2.24, 2.45) is 0 Å². The fraction of sp³-hybridized carbons (Fsp3) is 0.600. The summed E-state index contributed by atoms with van der Waals surface area (Å²) in [6.07, 6.45) is -0.0368. The van der Waals surface area contributed by atoms with Crippen LogP contribution in [-0.2, 0) is 25.1 Å². The van der Waals surface area contributed by atoms with Crippen molar-refractivity contribution in [1.82, 2.24) is 4.67 Å². The summed E-state index contributed by atoms with van der Waals surface area (Å²) in [6.45, 7) is 5.39. The van der Waals surface area contributed by atoms with Gasteiger partial charge in [0.15, 0.2) is 5.79 Å². The molecule has 6 heteroatoms. The second-order valence-corrected chi connectivity index (χ2v) is 7.38. The zero-order valence-corrected chi connectivity index (χ0v) is 14.0. The Kier molecular flexibility index (Phi) is 6.11. The molecule has 5 nitrogen and oxygen atoms in total. The maximum atomic E-state index is 5.87. The highest BCUT2D eigenvalue weighted by molar-refractivity contribution is 7.44. The van der Waals surface area contributed by atoms with Crippen molar-refractivity contribution in [3.63, 3.8) is 0 Å². The largest absolute Gasteiger partial charge is 0.348 e. The summed E-state index contributed by atoms with van der Waals surface area (Å²) in [5.41, 5.74) is 1.14. The van der Waals surface area contributed by atoms with Gasteiger partial charge >= 0.3 is 0 Å². The first-order valence-electron chi connectivity index (χ1n) is 7.05. The molecule has 2 atom stereocenters. The highest BCUT2D eigenvalue weighted by Gasteiger charge is 2.33. The molecule has 0 aromatic heterocycles. The summed E-state index contributed by atoms with van der Waals surface area (Å²) in [6, 6.07) is 10.1. The fourth-order valence-electron chi connectivity index (χ4n) is 1.96. The molecule has 1 aliphatic heterocycles. The van der Waals surface area contributed by atoms with Crippen molar-refractivity contribution in [1.29, 1.82) is 0 Å². The Morgan fingerprint density at radius 1 is 1.24 bits per heavy atom. The molecule has 1 saturated heterocycles. The Balaban J connectivity index is 1.77. The minimum absolute atomic E-state index is 0.0368. The molecule has 0 spiro atoms. The molecule has 0 N–H and O–H groups in total. The zero-order chi connectivity index (χ0) is 15.3. The first-order chi connectivity index (χ1) is 9.96. The van der Waals surface area contributed by atoms with Gasteiger partial charge in [0.05, 0.1) is 19.8 Å². The quantitative estimate of drug-likeness (QED) is 0.723. The van der Waals surface area contributed by atoms with Gasteiger partial charge < -0.3 is 18.5 Å². The summed E-state index contributed by atoms with van der Waals surface area (Å²) in [7, 11) is 2.81. The van der Waals surface area contributed by atoms with E-state index in [2.05, 4.69) is 0 Å². The number of rotatable bonds is 7. The molecule has 0 radical (unpaired) electrons. The van der Waals surface area contributed by atoms with Gasteiger partial charge in [-0.25, -0.2) is 4.67 Å². The Labute approximate surface area is 128 Å². The number of benzene rings is 1. The van der Waals surface area contributed by atoms with Gasteiger partial charge in [-0.2, -0.15) is 0 Å². The van der Waals surface area contributed by atoms with Gasteiger partial charge in [-0.3, -0.25) is 0 Å². The van der Waals surface area contributed by atoms with Crippen LogP contribution in [-0.4, -0.2) is 43.9 Å². The summed E-state index contributed by atoms with van der Waals surface area (Å²) in [5.74, 6) is -0.514. The van der Waals surface area contributed by atoms with E-state index in [0.29, 0.717) is 19.8 Å². The van der Waals surface area contributed by atoms with Gasteiger partial charge in [0, 0.05) is 0 Å². The second kappa shape index (κ2) is 7.63. The van der Waals surface area contributed by atoms with Gasteiger partial charge in [-0.15, -0.1) is 0 Å². The Morgan fingerprint density at radius 2 is 1.95 bits per heavy atom. The van der Waals surface area contributed by atoms with Gasteiger partial charge in [0.2, 0.25) is 0 Å². The first kappa shape index (κ1) is 16.8. The van der Waals surface area contributed by atoms with E-state index in [1.165, 1.54) is 0 Å². The second-order valence-electron chi connectivity index (χ2n) is 5.59. The van der Waals surface area contributed by atoms with Gasteiger partial charge in [-0.1, -0.05) is 30.3 Å². The van der Waals surface area contributed by atoms with E-state index in [0.717, 1.165) is 5.56 Å². The monoisotopic (exact) mass is 313 g/mol. The lowest BCUT2D eigenvalue weighted by Crippen LogP contribution is -2.24. The Hall–Kier alpha value is -0.550. The van der Waals surface area contributed by atoms with Crippen LogP contribution in [0.15, 0.2) is 30.3 Å². The predicted octanol–water partition coefficient (Wildman–Crippen LogP) is 3.16. The number of hydrogen-bond acceptors (Lipinski definition) is 5. The van der Waals surface area contributed by atoms with Crippen LogP contribution in [0.4, 0.5) is 0 Å². The van der Waals surface area contributed by atoms with Crippen molar-refractivity contribution in [3.05, 3.63) is 35.9 Å².